The van der Waals surface area contributed by atoms with Gasteiger partial charge in [0.25, 0.3) is 0 Å². The third-order valence-electron chi connectivity index (χ3n) is 4.32. The smallest absolute Gasteiger partial charge is 0.418 e. The van der Waals surface area contributed by atoms with E-state index in [0.29, 0.717) is 10.6 Å². The maximum Gasteiger partial charge on any atom is 0.418 e. The summed E-state index contributed by atoms with van der Waals surface area (Å²) in [6.07, 6.45) is -0.998. The van der Waals surface area contributed by atoms with E-state index in [-0.39, 0.29) is 15.8 Å². The van der Waals surface area contributed by atoms with Crippen LogP contribution in [0.15, 0.2) is 18.2 Å². The summed E-state index contributed by atoms with van der Waals surface area (Å²) in [5.74, 6) is -0.493. The highest BCUT2D eigenvalue weighted by Crippen LogP contribution is 2.39. The third-order valence-corrected chi connectivity index (χ3v) is 5.97. The van der Waals surface area contributed by atoms with Crippen molar-refractivity contribution in [1.29, 1.82) is 0 Å². The van der Waals surface area contributed by atoms with Crippen LogP contribution in [0.2, 0.25) is 5.02 Å². The van der Waals surface area contributed by atoms with Crippen LogP contribution in [0.5, 0.6) is 0 Å². The number of rotatable bonds is 3. The van der Waals surface area contributed by atoms with E-state index < -0.39 is 17.7 Å². The molecule has 28 heavy (non-hydrogen) atoms. The summed E-state index contributed by atoms with van der Waals surface area (Å²) in [6.45, 7) is 0. The molecule has 0 spiro atoms. The quantitative estimate of drug-likeness (QED) is 0.452. The molecule has 1 aliphatic rings. The first-order chi connectivity index (χ1) is 13.2. The molecule has 2 N–H and O–H groups in total. The first kappa shape index (κ1) is 20.9. The number of thiophene rings is 1. The molecule has 1 aliphatic carbocycles. The second kappa shape index (κ2) is 8.26. The van der Waals surface area contributed by atoms with Crippen LogP contribution in [0, 0.1) is 0 Å². The number of ether oxygens (including phenoxy) is 1. The van der Waals surface area contributed by atoms with Crippen LogP contribution in [0.25, 0.3) is 0 Å². The van der Waals surface area contributed by atoms with Gasteiger partial charge in [0.2, 0.25) is 0 Å². The Bertz CT molecular complexity index is 928. The van der Waals surface area contributed by atoms with Crippen molar-refractivity contribution in [3.63, 3.8) is 0 Å². The van der Waals surface area contributed by atoms with Gasteiger partial charge in [0.05, 0.1) is 23.9 Å². The zero-order chi connectivity index (χ0) is 20.5. The van der Waals surface area contributed by atoms with Gasteiger partial charge in [0, 0.05) is 9.90 Å². The lowest BCUT2D eigenvalue weighted by Crippen LogP contribution is -2.22. The standard InChI is InChI=1S/C18H16ClF3N2O2S2/c1-26-16(25)14-10-4-2-3-5-13(10)28-15(14)24-17(27)23-12-7-6-9(19)8-11(12)18(20,21)22/h6-8H,2-5H2,1H3,(H2,23,24,27). The fraction of sp³-hybridized carbons (Fsp3) is 0.333. The Morgan fingerprint density at radius 1 is 1.25 bits per heavy atom. The van der Waals surface area contributed by atoms with Crippen molar-refractivity contribution in [2.75, 3.05) is 17.7 Å². The molecule has 0 amide bonds. The second-order valence-corrected chi connectivity index (χ2v) is 8.12. The van der Waals surface area contributed by atoms with Gasteiger partial charge in [0.15, 0.2) is 5.11 Å². The lowest BCUT2D eigenvalue weighted by Gasteiger charge is -2.16. The minimum absolute atomic E-state index is 0.0318. The number of esters is 1. The van der Waals surface area contributed by atoms with E-state index >= 15 is 0 Å². The van der Waals surface area contributed by atoms with E-state index in [1.165, 1.54) is 30.6 Å². The molecule has 0 unspecified atom stereocenters. The number of alkyl halides is 3. The van der Waals surface area contributed by atoms with Gasteiger partial charge in [0.1, 0.15) is 5.00 Å². The summed E-state index contributed by atoms with van der Waals surface area (Å²) < 4.78 is 44.6. The van der Waals surface area contributed by atoms with Crippen molar-refractivity contribution in [3.8, 4) is 0 Å². The number of anilines is 2. The molecule has 2 aromatic rings. The van der Waals surface area contributed by atoms with E-state index in [1.807, 2.05) is 0 Å². The Morgan fingerprint density at radius 3 is 2.64 bits per heavy atom. The van der Waals surface area contributed by atoms with Crippen LogP contribution in [0.1, 0.15) is 39.2 Å². The van der Waals surface area contributed by atoms with Crippen molar-refractivity contribution in [2.24, 2.45) is 0 Å². The third kappa shape index (κ3) is 4.42. The first-order valence-electron chi connectivity index (χ1n) is 8.38. The molecule has 10 heteroatoms. The van der Waals surface area contributed by atoms with E-state index in [4.69, 9.17) is 28.6 Å². The molecular formula is C18H16ClF3N2O2S2. The number of halogens is 4. The number of carbonyl (C=O) groups is 1. The fourth-order valence-electron chi connectivity index (χ4n) is 3.09. The second-order valence-electron chi connectivity index (χ2n) is 6.17. The molecule has 0 fully saturated rings. The number of methoxy groups -OCH3 is 1. The van der Waals surface area contributed by atoms with E-state index in [9.17, 15) is 18.0 Å². The number of fused-ring (bicyclic) bond motifs is 1. The van der Waals surface area contributed by atoms with Crippen molar-refractivity contribution in [3.05, 3.63) is 44.8 Å². The Balaban J connectivity index is 1.87. The number of carbonyl (C=O) groups excluding carboxylic acids is 1. The average molecular weight is 449 g/mol. The molecule has 1 aromatic carbocycles. The molecule has 1 aromatic heterocycles. The van der Waals surface area contributed by atoms with Crippen LogP contribution >= 0.6 is 35.2 Å². The molecule has 0 atom stereocenters. The number of benzene rings is 1. The van der Waals surface area contributed by atoms with Crippen molar-refractivity contribution in [2.45, 2.75) is 31.9 Å². The Morgan fingerprint density at radius 2 is 1.96 bits per heavy atom. The molecule has 0 bridgehead atoms. The minimum Gasteiger partial charge on any atom is -0.465 e. The normalized spacial score (nSPS) is 13.6. The van der Waals surface area contributed by atoms with Gasteiger partial charge >= 0.3 is 12.1 Å². The molecule has 0 aliphatic heterocycles. The topological polar surface area (TPSA) is 50.4 Å². The highest BCUT2D eigenvalue weighted by atomic mass is 35.5. The highest BCUT2D eigenvalue weighted by Gasteiger charge is 2.34. The molecule has 1 heterocycles. The maximum atomic E-state index is 13.3. The first-order valence-corrected chi connectivity index (χ1v) is 9.98. The van der Waals surface area contributed by atoms with Crippen LogP contribution in [0.3, 0.4) is 0 Å². The van der Waals surface area contributed by atoms with Crippen molar-refractivity contribution >= 4 is 56.9 Å². The van der Waals surface area contributed by atoms with Crippen LogP contribution in [-0.2, 0) is 23.8 Å². The molecule has 3 rings (SSSR count). The minimum atomic E-state index is -4.60. The average Bonchev–Trinajstić information content (AvgIpc) is 2.99. The van der Waals surface area contributed by atoms with Crippen molar-refractivity contribution < 1.29 is 22.7 Å². The van der Waals surface area contributed by atoms with Crippen LogP contribution < -0.4 is 10.6 Å². The summed E-state index contributed by atoms with van der Waals surface area (Å²) >= 11 is 12.3. The summed E-state index contributed by atoms with van der Waals surface area (Å²) in [5.41, 5.74) is 0.174. The maximum absolute atomic E-state index is 13.3. The van der Waals surface area contributed by atoms with Crippen LogP contribution in [0.4, 0.5) is 23.9 Å². The van der Waals surface area contributed by atoms with Gasteiger partial charge in [-0.05, 0) is 61.7 Å². The molecule has 0 saturated heterocycles. The zero-order valence-electron chi connectivity index (χ0n) is 14.7. The number of hydrogen-bond donors (Lipinski definition) is 2. The Kier molecular flexibility index (Phi) is 6.16. The Hall–Kier alpha value is -1.84. The summed E-state index contributed by atoms with van der Waals surface area (Å²) in [5, 5.41) is 5.80. The number of aryl methyl sites for hydroxylation is 1. The van der Waals surface area contributed by atoms with Gasteiger partial charge in [-0.15, -0.1) is 11.3 Å². The predicted octanol–water partition coefficient (Wildman–Crippen LogP) is 5.89. The fourth-order valence-corrected chi connectivity index (χ4v) is 4.82. The number of hydrogen-bond acceptors (Lipinski definition) is 4. The molecule has 4 nitrogen and oxygen atoms in total. The van der Waals surface area contributed by atoms with Gasteiger partial charge in [-0.1, -0.05) is 11.6 Å². The molecule has 0 radical (unpaired) electrons. The number of thiocarbonyl (C=S) groups is 1. The number of nitrogens with one attached hydrogen (secondary N) is 2. The predicted molar refractivity (Wildman–Crippen MR) is 109 cm³/mol. The zero-order valence-corrected chi connectivity index (χ0v) is 17.1. The summed E-state index contributed by atoms with van der Waals surface area (Å²) in [7, 11) is 1.29. The van der Waals surface area contributed by atoms with Crippen LogP contribution in [-0.4, -0.2) is 18.2 Å². The lowest BCUT2D eigenvalue weighted by atomic mass is 9.95. The largest absolute Gasteiger partial charge is 0.465 e. The van der Waals surface area contributed by atoms with Gasteiger partial charge in [-0.2, -0.15) is 13.2 Å². The molecule has 150 valence electrons. The molecule has 0 saturated carbocycles. The summed E-state index contributed by atoms with van der Waals surface area (Å²) in [4.78, 5) is 13.3. The van der Waals surface area contributed by atoms with Crippen molar-refractivity contribution in [1.82, 2.24) is 0 Å². The van der Waals surface area contributed by atoms with Gasteiger partial charge < -0.3 is 15.4 Å². The molecular weight excluding hydrogens is 433 g/mol. The summed E-state index contributed by atoms with van der Waals surface area (Å²) in [6, 6.07) is 3.38. The van der Waals surface area contributed by atoms with Gasteiger partial charge in [-0.25, -0.2) is 4.79 Å². The van der Waals surface area contributed by atoms with E-state index in [2.05, 4.69) is 10.6 Å². The van der Waals surface area contributed by atoms with Gasteiger partial charge in [-0.3, -0.25) is 0 Å². The van der Waals surface area contributed by atoms with E-state index in [0.717, 1.165) is 42.2 Å². The monoisotopic (exact) mass is 448 g/mol. The Labute approximate surface area is 174 Å². The van der Waals surface area contributed by atoms with E-state index in [1.54, 1.807) is 0 Å². The lowest BCUT2D eigenvalue weighted by molar-refractivity contribution is -0.136. The highest BCUT2D eigenvalue weighted by molar-refractivity contribution is 7.80. The SMILES string of the molecule is COC(=O)c1c(NC(=S)Nc2ccc(Cl)cc2C(F)(F)F)sc2c1CCCC2.